The van der Waals surface area contributed by atoms with E-state index in [-0.39, 0.29) is 0 Å². The molecule has 1 aromatic rings. The third kappa shape index (κ3) is 2.89. The highest BCUT2D eigenvalue weighted by Crippen LogP contribution is 2.17. The summed E-state index contributed by atoms with van der Waals surface area (Å²) in [5, 5.41) is 8.26. The van der Waals surface area contributed by atoms with E-state index in [2.05, 4.69) is 35.9 Å². The van der Waals surface area contributed by atoms with Crippen LogP contribution in [-0.2, 0) is 13.0 Å². The molecular weight excluding hydrogens is 210 g/mol. The smallest absolute Gasteiger partial charge is 0.0628 e. The molecule has 1 heterocycles. The van der Waals surface area contributed by atoms with Gasteiger partial charge in [-0.1, -0.05) is 19.8 Å². The van der Waals surface area contributed by atoms with Crippen molar-refractivity contribution >= 4 is 0 Å². The Morgan fingerprint density at radius 1 is 1.29 bits per heavy atom. The number of rotatable bonds is 5. The van der Waals surface area contributed by atoms with Crippen LogP contribution >= 0.6 is 0 Å². The van der Waals surface area contributed by atoms with Gasteiger partial charge in [-0.2, -0.15) is 5.10 Å². The van der Waals surface area contributed by atoms with E-state index < -0.39 is 0 Å². The van der Waals surface area contributed by atoms with Crippen molar-refractivity contribution in [2.24, 2.45) is 0 Å². The molecule has 2 rings (SSSR count). The van der Waals surface area contributed by atoms with E-state index in [1.54, 1.807) is 0 Å². The second-order valence-corrected chi connectivity index (χ2v) is 5.16. The minimum atomic E-state index is 0.762. The molecule has 1 saturated carbocycles. The van der Waals surface area contributed by atoms with Gasteiger partial charge in [0.25, 0.3) is 0 Å². The second kappa shape index (κ2) is 5.67. The number of aryl methyl sites for hydroxylation is 1. The zero-order chi connectivity index (χ0) is 12.3. The lowest BCUT2D eigenvalue weighted by molar-refractivity contribution is 0.475. The molecule has 3 nitrogen and oxygen atoms in total. The maximum absolute atomic E-state index is 4.62. The molecule has 0 spiro atoms. The summed E-state index contributed by atoms with van der Waals surface area (Å²) >= 11 is 0. The van der Waals surface area contributed by atoms with E-state index in [0.29, 0.717) is 0 Å². The summed E-state index contributed by atoms with van der Waals surface area (Å²) in [7, 11) is 0. The number of hydrogen-bond acceptors (Lipinski definition) is 2. The fraction of sp³-hybridized carbons (Fsp3) is 0.786. The van der Waals surface area contributed by atoms with Crippen molar-refractivity contribution in [1.29, 1.82) is 0 Å². The van der Waals surface area contributed by atoms with Crippen molar-refractivity contribution in [2.75, 3.05) is 6.54 Å². The number of nitrogens with one attached hydrogen (secondary N) is 1. The Balaban J connectivity index is 1.86. The zero-order valence-corrected chi connectivity index (χ0v) is 11.4. The first-order valence-electron chi connectivity index (χ1n) is 6.98. The number of hydrogen-bond donors (Lipinski definition) is 1. The van der Waals surface area contributed by atoms with Gasteiger partial charge < -0.3 is 5.32 Å². The average molecular weight is 235 g/mol. The van der Waals surface area contributed by atoms with Crippen molar-refractivity contribution in [1.82, 2.24) is 15.1 Å². The van der Waals surface area contributed by atoms with Crippen LogP contribution in [0.25, 0.3) is 0 Å². The first-order chi connectivity index (χ1) is 8.22. The third-order valence-electron chi connectivity index (χ3n) is 4.00. The van der Waals surface area contributed by atoms with Gasteiger partial charge in [-0.05, 0) is 38.7 Å². The van der Waals surface area contributed by atoms with Crippen LogP contribution in [0.2, 0.25) is 0 Å². The molecule has 96 valence electrons. The van der Waals surface area contributed by atoms with Gasteiger partial charge in [0.2, 0.25) is 0 Å². The normalized spacial score (nSPS) is 16.9. The van der Waals surface area contributed by atoms with Gasteiger partial charge in [-0.25, -0.2) is 0 Å². The number of aromatic nitrogens is 2. The highest BCUT2D eigenvalue weighted by atomic mass is 15.3. The second-order valence-electron chi connectivity index (χ2n) is 5.16. The minimum absolute atomic E-state index is 0.762. The highest BCUT2D eigenvalue weighted by molar-refractivity contribution is 5.24. The molecule has 0 atom stereocenters. The molecule has 0 aliphatic heterocycles. The van der Waals surface area contributed by atoms with Gasteiger partial charge in [0.1, 0.15) is 0 Å². The van der Waals surface area contributed by atoms with Crippen molar-refractivity contribution in [2.45, 2.75) is 65.5 Å². The summed E-state index contributed by atoms with van der Waals surface area (Å²) in [6.07, 6.45) is 6.61. The standard InChI is InChI=1S/C14H25N3/c1-4-14-11(2)16-17(12(14)3)10-9-15-13-7-5-6-8-13/h13,15H,4-10H2,1-3H3. The molecular formula is C14H25N3. The molecule has 0 bridgehead atoms. The van der Waals surface area contributed by atoms with Gasteiger partial charge >= 0.3 is 0 Å². The predicted molar refractivity (Wildman–Crippen MR) is 71.3 cm³/mol. The molecule has 1 N–H and O–H groups in total. The monoisotopic (exact) mass is 235 g/mol. The van der Waals surface area contributed by atoms with Gasteiger partial charge in [0.05, 0.1) is 12.2 Å². The lowest BCUT2D eigenvalue weighted by Crippen LogP contribution is -2.29. The Labute approximate surface area is 105 Å². The maximum atomic E-state index is 4.62. The summed E-state index contributed by atoms with van der Waals surface area (Å²) in [4.78, 5) is 0. The molecule has 0 saturated heterocycles. The van der Waals surface area contributed by atoms with E-state index in [1.807, 2.05) is 0 Å². The van der Waals surface area contributed by atoms with Crippen LogP contribution in [0.1, 0.15) is 49.6 Å². The molecule has 1 fully saturated rings. The molecule has 1 aliphatic carbocycles. The van der Waals surface area contributed by atoms with E-state index in [9.17, 15) is 0 Å². The van der Waals surface area contributed by atoms with Crippen LogP contribution in [0.3, 0.4) is 0 Å². The first kappa shape index (κ1) is 12.6. The molecule has 0 aromatic carbocycles. The zero-order valence-electron chi connectivity index (χ0n) is 11.4. The van der Waals surface area contributed by atoms with Gasteiger partial charge in [-0.15, -0.1) is 0 Å². The van der Waals surface area contributed by atoms with E-state index >= 15 is 0 Å². The van der Waals surface area contributed by atoms with E-state index in [4.69, 9.17) is 0 Å². The number of nitrogens with zero attached hydrogens (tertiary/aromatic N) is 2. The summed E-state index contributed by atoms with van der Waals surface area (Å²) in [6, 6.07) is 0.762. The van der Waals surface area contributed by atoms with Crippen LogP contribution in [0, 0.1) is 13.8 Å². The molecule has 0 amide bonds. The fourth-order valence-corrected chi connectivity index (χ4v) is 2.97. The van der Waals surface area contributed by atoms with Crippen molar-refractivity contribution in [3.05, 3.63) is 17.0 Å². The Bertz CT molecular complexity index is 362. The molecule has 1 aliphatic rings. The quantitative estimate of drug-likeness (QED) is 0.850. The SMILES string of the molecule is CCc1c(C)nn(CCNC2CCCC2)c1C. The van der Waals surface area contributed by atoms with Crippen molar-refractivity contribution in [3.63, 3.8) is 0 Å². The van der Waals surface area contributed by atoms with Crippen molar-refractivity contribution < 1.29 is 0 Å². The van der Waals surface area contributed by atoms with Crippen LogP contribution in [-0.4, -0.2) is 22.4 Å². The lowest BCUT2D eigenvalue weighted by atomic mass is 10.1. The summed E-state index contributed by atoms with van der Waals surface area (Å²) in [5.41, 5.74) is 3.97. The van der Waals surface area contributed by atoms with E-state index in [1.165, 1.54) is 42.6 Å². The molecule has 3 heteroatoms. The Kier molecular flexibility index (Phi) is 4.21. The van der Waals surface area contributed by atoms with Crippen LogP contribution < -0.4 is 5.32 Å². The summed E-state index contributed by atoms with van der Waals surface area (Å²) < 4.78 is 2.16. The van der Waals surface area contributed by atoms with Crippen LogP contribution in [0.4, 0.5) is 0 Å². The molecule has 17 heavy (non-hydrogen) atoms. The molecule has 1 aromatic heterocycles. The lowest BCUT2D eigenvalue weighted by Gasteiger charge is -2.12. The van der Waals surface area contributed by atoms with Crippen molar-refractivity contribution in [3.8, 4) is 0 Å². The predicted octanol–water partition coefficient (Wildman–Crippen LogP) is 2.59. The van der Waals surface area contributed by atoms with Crippen LogP contribution in [0.5, 0.6) is 0 Å². The highest BCUT2D eigenvalue weighted by Gasteiger charge is 2.14. The Hall–Kier alpha value is -0.830. The summed E-state index contributed by atoms with van der Waals surface area (Å²) in [5.74, 6) is 0. The third-order valence-corrected chi connectivity index (χ3v) is 4.00. The van der Waals surface area contributed by atoms with Crippen LogP contribution in [0.15, 0.2) is 0 Å². The minimum Gasteiger partial charge on any atom is -0.312 e. The molecule has 0 radical (unpaired) electrons. The summed E-state index contributed by atoms with van der Waals surface area (Å²) in [6.45, 7) is 8.57. The topological polar surface area (TPSA) is 29.9 Å². The maximum Gasteiger partial charge on any atom is 0.0628 e. The Morgan fingerprint density at radius 3 is 2.59 bits per heavy atom. The Morgan fingerprint density at radius 2 is 2.00 bits per heavy atom. The average Bonchev–Trinajstić information content (AvgIpc) is 2.89. The van der Waals surface area contributed by atoms with Gasteiger partial charge in [-0.3, -0.25) is 4.68 Å². The van der Waals surface area contributed by atoms with Gasteiger partial charge in [0.15, 0.2) is 0 Å². The first-order valence-corrected chi connectivity index (χ1v) is 6.98. The largest absolute Gasteiger partial charge is 0.312 e. The molecule has 0 unspecified atom stereocenters. The fourth-order valence-electron chi connectivity index (χ4n) is 2.97. The van der Waals surface area contributed by atoms with Gasteiger partial charge in [0, 0.05) is 18.3 Å². The van der Waals surface area contributed by atoms with E-state index in [0.717, 1.165) is 25.6 Å².